The third-order valence-electron chi connectivity index (χ3n) is 2.67. The number of methoxy groups -OCH3 is 1. The van der Waals surface area contributed by atoms with Gasteiger partial charge in [-0.25, -0.2) is 4.79 Å². The molecule has 0 aliphatic heterocycles. The molecule has 0 unspecified atom stereocenters. The Morgan fingerprint density at radius 1 is 1.21 bits per heavy atom. The number of hydrogen-bond acceptors (Lipinski definition) is 4. The topological polar surface area (TPSA) is 48.4 Å². The molecule has 0 fully saturated rings. The van der Waals surface area contributed by atoms with Crippen molar-refractivity contribution in [3.8, 4) is 0 Å². The summed E-state index contributed by atoms with van der Waals surface area (Å²) >= 11 is 0. The van der Waals surface area contributed by atoms with Crippen LogP contribution in [0.15, 0.2) is 18.3 Å². The number of aromatic nitrogens is 1. The highest BCUT2D eigenvalue weighted by Gasteiger charge is 2.25. The van der Waals surface area contributed by atoms with Crippen LogP contribution >= 0.6 is 0 Å². The second-order valence-corrected chi connectivity index (χ2v) is 8.98. The number of carbonyl (C=O) groups excluding carboxylic acids is 1. The minimum absolute atomic E-state index is 0.239. The second kappa shape index (κ2) is 5.84. The molecule has 0 radical (unpaired) electrons. The Labute approximate surface area is 117 Å². The van der Waals surface area contributed by atoms with Crippen molar-refractivity contribution in [2.75, 3.05) is 7.11 Å². The number of nitrogens with zero attached hydrogens (tertiary/aromatic N) is 1. The van der Waals surface area contributed by atoms with Crippen LogP contribution in [-0.2, 0) is 14.8 Å². The Kier molecular flexibility index (Phi) is 4.87. The van der Waals surface area contributed by atoms with Crippen molar-refractivity contribution in [1.29, 1.82) is 0 Å². The zero-order chi connectivity index (χ0) is 14.7. The van der Waals surface area contributed by atoms with Gasteiger partial charge in [0.15, 0.2) is 9.76 Å². The summed E-state index contributed by atoms with van der Waals surface area (Å²) in [5, 5.41) is 0.239. The van der Waals surface area contributed by atoms with Gasteiger partial charge < -0.3 is 9.16 Å². The average molecular weight is 281 g/mol. The van der Waals surface area contributed by atoms with Crippen LogP contribution in [0, 0.1) is 0 Å². The van der Waals surface area contributed by atoms with Gasteiger partial charge in [0.25, 0.3) is 0 Å². The molecule has 0 aliphatic carbocycles. The Morgan fingerprint density at radius 2 is 1.84 bits per heavy atom. The van der Waals surface area contributed by atoms with Crippen LogP contribution < -0.4 is 0 Å². The molecule has 0 aliphatic rings. The van der Waals surface area contributed by atoms with Crippen molar-refractivity contribution in [3.63, 3.8) is 0 Å². The minimum Gasteiger partial charge on any atom is -0.465 e. The molecule has 4 nitrogen and oxygen atoms in total. The summed E-state index contributed by atoms with van der Waals surface area (Å²) in [7, 11) is 0.700. The first-order valence-electron chi connectivity index (χ1n) is 6.34. The highest BCUT2D eigenvalue weighted by molar-refractivity contribution is 6.31. The zero-order valence-electron chi connectivity index (χ0n) is 12.6. The van der Waals surface area contributed by atoms with Gasteiger partial charge in [0.2, 0.25) is 0 Å². The Bertz CT molecular complexity index is 435. The maximum Gasteiger partial charge on any atom is 0.339 e. The largest absolute Gasteiger partial charge is 0.465 e. The van der Waals surface area contributed by atoms with Gasteiger partial charge in [-0.15, -0.1) is 0 Å². The lowest BCUT2D eigenvalue weighted by Gasteiger charge is -2.29. The highest BCUT2D eigenvalue weighted by atomic mass is 28.2. The van der Waals surface area contributed by atoms with Crippen LogP contribution in [0.2, 0.25) is 5.04 Å². The van der Waals surface area contributed by atoms with Gasteiger partial charge in [-0.1, -0.05) is 20.8 Å². The zero-order valence-corrected chi connectivity index (χ0v) is 14.0. The van der Waals surface area contributed by atoms with Gasteiger partial charge >= 0.3 is 5.97 Å². The second-order valence-electron chi connectivity index (χ2n) is 6.28. The molecule has 0 amide bonds. The Morgan fingerprint density at radius 3 is 2.26 bits per heavy atom. The molecule has 0 N–H and O–H groups in total. The molecule has 1 heterocycles. The van der Waals surface area contributed by atoms with Crippen molar-refractivity contribution < 1.29 is 14.0 Å². The van der Waals surface area contributed by atoms with Crippen molar-refractivity contribution >= 4 is 15.7 Å². The van der Waals surface area contributed by atoms with Crippen molar-refractivity contribution in [1.82, 2.24) is 4.98 Å². The molecule has 0 saturated heterocycles. The molecule has 0 bridgehead atoms. The van der Waals surface area contributed by atoms with Crippen LogP contribution in [0.5, 0.6) is 0 Å². The number of hydrogen-bond donors (Lipinski definition) is 0. The van der Waals surface area contributed by atoms with Gasteiger partial charge in [-0.3, -0.25) is 4.98 Å². The SMILES string of the molecule is COC(=O)c1ccc(C(C)(C)O[SiH2]C(C)(C)C)nc1. The molecular formula is C14H23NO3Si. The highest BCUT2D eigenvalue weighted by Crippen LogP contribution is 2.28. The lowest BCUT2D eigenvalue weighted by molar-refractivity contribution is 0.0599. The van der Waals surface area contributed by atoms with Crippen LogP contribution in [-0.4, -0.2) is 27.8 Å². The van der Waals surface area contributed by atoms with Gasteiger partial charge in [-0.2, -0.15) is 0 Å². The molecule has 5 heteroatoms. The lowest BCUT2D eigenvalue weighted by atomic mass is 10.0. The van der Waals surface area contributed by atoms with Crippen LogP contribution in [0.3, 0.4) is 0 Å². The first-order chi connectivity index (χ1) is 8.65. The molecule has 1 aromatic rings. The monoisotopic (exact) mass is 281 g/mol. The first-order valence-corrected chi connectivity index (χ1v) is 7.63. The first kappa shape index (κ1) is 15.9. The fourth-order valence-corrected chi connectivity index (χ4v) is 2.40. The van der Waals surface area contributed by atoms with E-state index in [-0.39, 0.29) is 11.0 Å². The summed E-state index contributed by atoms with van der Waals surface area (Å²) in [6, 6.07) is 3.54. The summed E-state index contributed by atoms with van der Waals surface area (Å²) in [6.07, 6.45) is 1.53. The summed E-state index contributed by atoms with van der Waals surface area (Å²) in [5.41, 5.74) is 0.862. The van der Waals surface area contributed by atoms with Gasteiger partial charge in [0, 0.05) is 6.20 Å². The Hall–Kier alpha value is -1.20. The van der Waals surface area contributed by atoms with Crippen LogP contribution in [0.25, 0.3) is 0 Å². The molecule has 106 valence electrons. The number of esters is 1. The molecule has 0 saturated carbocycles. The van der Waals surface area contributed by atoms with E-state index >= 15 is 0 Å². The molecular weight excluding hydrogens is 258 g/mol. The predicted molar refractivity (Wildman–Crippen MR) is 77.9 cm³/mol. The number of ether oxygens (including phenoxy) is 1. The summed E-state index contributed by atoms with van der Waals surface area (Å²) in [6.45, 7) is 10.6. The van der Waals surface area contributed by atoms with E-state index in [1.165, 1.54) is 13.3 Å². The smallest absolute Gasteiger partial charge is 0.339 e. The lowest BCUT2D eigenvalue weighted by Crippen LogP contribution is -2.28. The van der Waals surface area contributed by atoms with Gasteiger partial charge in [0.05, 0.1) is 24.0 Å². The Balaban J connectivity index is 2.81. The average Bonchev–Trinajstić information content (AvgIpc) is 2.35. The van der Waals surface area contributed by atoms with Crippen LogP contribution in [0.1, 0.15) is 50.7 Å². The van der Waals surface area contributed by atoms with E-state index in [2.05, 4.69) is 30.5 Å². The predicted octanol–water partition coefficient (Wildman–Crippen LogP) is 2.42. The number of rotatable bonds is 4. The normalized spacial score (nSPS) is 12.9. The maximum atomic E-state index is 11.3. The summed E-state index contributed by atoms with van der Waals surface area (Å²) in [4.78, 5) is 15.7. The summed E-state index contributed by atoms with van der Waals surface area (Å²) in [5.74, 6) is -0.373. The van der Waals surface area contributed by atoms with Gasteiger partial charge in [0.1, 0.15) is 0 Å². The molecule has 0 spiro atoms. The molecule has 0 aromatic carbocycles. The van der Waals surface area contributed by atoms with Crippen molar-refractivity contribution in [3.05, 3.63) is 29.6 Å². The van der Waals surface area contributed by atoms with Crippen molar-refractivity contribution in [2.24, 2.45) is 0 Å². The van der Waals surface area contributed by atoms with E-state index in [1.807, 2.05) is 19.9 Å². The molecule has 1 rings (SSSR count). The molecule has 1 aromatic heterocycles. The van der Waals surface area contributed by atoms with E-state index in [4.69, 9.17) is 4.43 Å². The number of carbonyl (C=O) groups is 1. The number of pyridine rings is 1. The third-order valence-corrected chi connectivity index (χ3v) is 4.40. The molecule has 0 atom stereocenters. The van der Waals surface area contributed by atoms with E-state index in [1.54, 1.807) is 6.07 Å². The van der Waals surface area contributed by atoms with E-state index < -0.39 is 15.4 Å². The van der Waals surface area contributed by atoms with E-state index in [9.17, 15) is 4.79 Å². The summed E-state index contributed by atoms with van der Waals surface area (Å²) < 4.78 is 10.7. The minimum atomic E-state index is -0.660. The fraction of sp³-hybridized carbons (Fsp3) is 0.571. The standard InChI is InChI=1S/C14H23NO3Si/c1-13(2,3)19-18-14(4,5)11-8-7-10(9-15-11)12(16)17-6/h7-9H,19H2,1-6H3. The maximum absolute atomic E-state index is 11.3. The third kappa shape index (κ3) is 4.76. The quantitative estimate of drug-likeness (QED) is 0.628. The van der Waals surface area contributed by atoms with E-state index in [0.29, 0.717) is 5.56 Å². The van der Waals surface area contributed by atoms with Gasteiger partial charge in [-0.05, 0) is 31.0 Å². The fourth-order valence-electron chi connectivity index (χ4n) is 1.46. The van der Waals surface area contributed by atoms with Crippen molar-refractivity contribution in [2.45, 2.75) is 45.3 Å². The van der Waals surface area contributed by atoms with Crippen LogP contribution in [0.4, 0.5) is 0 Å². The van der Waals surface area contributed by atoms with E-state index in [0.717, 1.165) is 5.69 Å². The molecule has 19 heavy (non-hydrogen) atoms.